The van der Waals surface area contributed by atoms with E-state index in [1.807, 2.05) is 12.1 Å². The maximum absolute atomic E-state index is 12.4. The van der Waals surface area contributed by atoms with Gasteiger partial charge in [0.25, 0.3) is 5.91 Å². The van der Waals surface area contributed by atoms with Crippen molar-refractivity contribution in [3.05, 3.63) is 65.3 Å². The van der Waals surface area contributed by atoms with Crippen LogP contribution < -0.4 is 11.1 Å². The first-order valence-electron chi connectivity index (χ1n) is 9.02. The van der Waals surface area contributed by atoms with E-state index in [9.17, 15) is 9.59 Å². The maximum atomic E-state index is 12.4. The number of hydrogen-bond donors (Lipinski definition) is 2. The summed E-state index contributed by atoms with van der Waals surface area (Å²) in [5, 5.41) is 6.80. The molecule has 1 fully saturated rings. The Balaban J connectivity index is 1.48. The maximum Gasteiger partial charge on any atom is 0.251 e. The molecule has 2 amide bonds. The molecule has 8 heteroatoms. The predicted molar refractivity (Wildman–Crippen MR) is 100 cm³/mol. The molecule has 3 aromatic rings. The summed E-state index contributed by atoms with van der Waals surface area (Å²) in [6.45, 7) is 1.75. The molecule has 1 saturated carbocycles. The van der Waals surface area contributed by atoms with Crippen molar-refractivity contribution in [1.29, 1.82) is 0 Å². The summed E-state index contributed by atoms with van der Waals surface area (Å²) in [7, 11) is 0. The second kappa shape index (κ2) is 7.22. The van der Waals surface area contributed by atoms with Crippen molar-refractivity contribution >= 4 is 11.8 Å². The number of nitrogens with two attached hydrogens (primary N) is 1. The van der Waals surface area contributed by atoms with Crippen molar-refractivity contribution in [1.82, 2.24) is 20.4 Å². The topological polar surface area (TPSA) is 124 Å². The van der Waals surface area contributed by atoms with E-state index in [-0.39, 0.29) is 11.5 Å². The molecule has 142 valence electrons. The number of nitrogens with zero attached hydrogens (tertiary/aromatic N) is 3. The highest BCUT2D eigenvalue weighted by Gasteiger charge is 2.26. The molecule has 1 aromatic carbocycles. The van der Waals surface area contributed by atoms with Gasteiger partial charge in [0, 0.05) is 34.5 Å². The van der Waals surface area contributed by atoms with Crippen LogP contribution in [0.3, 0.4) is 0 Å². The van der Waals surface area contributed by atoms with Crippen molar-refractivity contribution in [3.63, 3.8) is 0 Å². The standard InChI is InChI=1S/C20H19N5O3/c1-11(23-19(27)15-4-2-3-13(9-15)17(21)26)20-24-18(25-28-20)14-7-8-22-16(10-14)12-5-6-12/h2-4,7-12H,5-6H2,1H3,(H2,21,26)(H,23,27). The molecule has 2 heterocycles. The summed E-state index contributed by atoms with van der Waals surface area (Å²) in [5.41, 5.74) is 7.73. The Morgan fingerprint density at radius 2 is 2.00 bits per heavy atom. The van der Waals surface area contributed by atoms with Gasteiger partial charge >= 0.3 is 0 Å². The lowest BCUT2D eigenvalue weighted by Gasteiger charge is -2.10. The monoisotopic (exact) mass is 377 g/mol. The average molecular weight is 377 g/mol. The molecular formula is C20H19N5O3. The molecule has 2 aromatic heterocycles. The Bertz CT molecular complexity index is 1040. The Morgan fingerprint density at radius 3 is 2.75 bits per heavy atom. The first kappa shape index (κ1) is 17.8. The van der Waals surface area contributed by atoms with Crippen LogP contribution >= 0.6 is 0 Å². The highest BCUT2D eigenvalue weighted by atomic mass is 16.5. The van der Waals surface area contributed by atoms with Crippen LogP contribution in [0, 0.1) is 0 Å². The van der Waals surface area contributed by atoms with Crippen LogP contribution in [-0.4, -0.2) is 26.9 Å². The van der Waals surface area contributed by atoms with E-state index >= 15 is 0 Å². The smallest absolute Gasteiger partial charge is 0.251 e. The Kier molecular flexibility index (Phi) is 4.60. The predicted octanol–water partition coefficient (Wildman–Crippen LogP) is 2.60. The molecule has 3 N–H and O–H groups in total. The minimum Gasteiger partial charge on any atom is -0.366 e. The van der Waals surface area contributed by atoms with Gasteiger partial charge in [-0.2, -0.15) is 4.98 Å². The van der Waals surface area contributed by atoms with E-state index < -0.39 is 11.9 Å². The van der Waals surface area contributed by atoms with Gasteiger partial charge in [-0.1, -0.05) is 11.2 Å². The summed E-state index contributed by atoms with van der Waals surface area (Å²) < 4.78 is 5.33. The SMILES string of the molecule is CC(NC(=O)c1cccc(C(N)=O)c1)c1nc(-c2ccnc(C3CC3)c2)no1. The lowest BCUT2D eigenvalue weighted by molar-refractivity contribution is 0.0932. The molecule has 0 aliphatic heterocycles. The molecule has 28 heavy (non-hydrogen) atoms. The molecular weight excluding hydrogens is 358 g/mol. The summed E-state index contributed by atoms with van der Waals surface area (Å²) in [4.78, 5) is 32.5. The Labute approximate surface area is 161 Å². The van der Waals surface area contributed by atoms with E-state index in [2.05, 4.69) is 20.4 Å². The summed E-state index contributed by atoms with van der Waals surface area (Å²) in [5.74, 6) is 0.318. The number of carbonyl (C=O) groups excluding carboxylic acids is 2. The number of aromatic nitrogens is 3. The van der Waals surface area contributed by atoms with Crippen molar-refractivity contribution in [2.45, 2.75) is 31.7 Å². The molecule has 0 saturated heterocycles. The van der Waals surface area contributed by atoms with Gasteiger partial charge < -0.3 is 15.6 Å². The highest BCUT2D eigenvalue weighted by Crippen LogP contribution is 2.39. The number of primary amides is 1. The lowest BCUT2D eigenvalue weighted by atomic mass is 10.1. The molecule has 1 unspecified atom stereocenters. The normalized spacial score (nSPS) is 14.5. The van der Waals surface area contributed by atoms with Gasteiger partial charge in [-0.3, -0.25) is 14.6 Å². The number of pyridine rings is 1. The fraction of sp³-hybridized carbons (Fsp3) is 0.250. The zero-order valence-electron chi connectivity index (χ0n) is 15.3. The molecule has 1 atom stereocenters. The fourth-order valence-electron chi connectivity index (χ4n) is 2.87. The number of carbonyl (C=O) groups is 2. The molecule has 8 nitrogen and oxygen atoms in total. The van der Waals surface area contributed by atoms with Crippen LogP contribution in [0.4, 0.5) is 0 Å². The summed E-state index contributed by atoms with van der Waals surface area (Å²) in [6.07, 6.45) is 4.07. The van der Waals surface area contributed by atoms with E-state index in [0.717, 1.165) is 24.1 Å². The number of nitrogens with one attached hydrogen (secondary N) is 1. The van der Waals surface area contributed by atoms with Crippen LogP contribution in [0.25, 0.3) is 11.4 Å². The third kappa shape index (κ3) is 3.75. The third-order valence-corrected chi connectivity index (χ3v) is 4.60. The molecule has 0 spiro atoms. The van der Waals surface area contributed by atoms with Crippen LogP contribution in [0.2, 0.25) is 0 Å². The largest absolute Gasteiger partial charge is 0.366 e. The third-order valence-electron chi connectivity index (χ3n) is 4.60. The number of rotatable bonds is 6. The van der Waals surface area contributed by atoms with Gasteiger partial charge in [0.2, 0.25) is 17.6 Å². The number of amides is 2. The first-order chi connectivity index (χ1) is 13.5. The molecule has 1 aliphatic rings. The fourth-order valence-corrected chi connectivity index (χ4v) is 2.87. The van der Waals surface area contributed by atoms with E-state index in [1.165, 1.54) is 6.07 Å². The van der Waals surface area contributed by atoms with E-state index in [1.54, 1.807) is 31.3 Å². The first-order valence-corrected chi connectivity index (χ1v) is 9.02. The zero-order chi connectivity index (χ0) is 19.7. The van der Waals surface area contributed by atoms with Crippen molar-refractivity contribution < 1.29 is 14.1 Å². The lowest BCUT2D eigenvalue weighted by Crippen LogP contribution is -2.27. The minimum atomic E-state index is -0.591. The molecule has 1 aliphatic carbocycles. The average Bonchev–Trinajstić information content (AvgIpc) is 3.44. The van der Waals surface area contributed by atoms with Crippen LogP contribution in [0.1, 0.15) is 64.0 Å². The molecule has 0 radical (unpaired) electrons. The van der Waals surface area contributed by atoms with Gasteiger partial charge in [0.05, 0.1) is 0 Å². The van der Waals surface area contributed by atoms with Gasteiger partial charge in [0.1, 0.15) is 6.04 Å². The quantitative estimate of drug-likeness (QED) is 0.680. The van der Waals surface area contributed by atoms with Crippen LogP contribution in [-0.2, 0) is 0 Å². The number of hydrogen-bond acceptors (Lipinski definition) is 6. The van der Waals surface area contributed by atoms with E-state index in [0.29, 0.717) is 23.2 Å². The van der Waals surface area contributed by atoms with Gasteiger partial charge in [-0.25, -0.2) is 0 Å². The second-order valence-electron chi connectivity index (χ2n) is 6.84. The van der Waals surface area contributed by atoms with Gasteiger partial charge in [-0.05, 0) is 50.1 Å². The Morgan fingerprint density at radius 1 is 1.21 bits per heavy atom. The van der Waals surface area contributed by atoms with Crippen LogP contribution in [0.5, 0.6) is 0 Å². The van der Waals surface area contributed by atoms with Crippen molar-refractivity contribution in [3.8, 4) is 11.4 Å². The zero-order valence-corrected chi connectivity index (χ0v) is 15.3. The summed E-state index contributed by atoms with van der Waals surface area (Å²) in [6, 6.07) is 9.51. The van der Waals surface area contributed by atoms with E-state index in [4.69, 9.17) is 10.3 Å². The second-order valence-corrected chi connectivity index (χ2v) is 6.84. The Hall–Kier alpha value is -3.55. The van der Waals surface area contributed by atoms with Gasteiger partial charge in [-0.15, -0.1) is 0 Å². The molecule has 4 rings (SSSR count). The highest BCUT2D eigenvalue weighted by molar-refractivity contribution is 5.99. The van der Waals surface area contributed by atoms with Crippen molar-refractivity contribution in [2.24, 2.45) is 5.73 Å². The van der Waals surface area contributed by atoms with Gasteiger partial charge in [0.15, 0.2) is 0 Å². The summed E-state index contributed by atoms with van der Waals surface area (Å²) >= 11 is 0. The number of benzene rings is 1. The molecule has 0 bridgehead atoms. The minimum absolute atomic E-state index is 0.268. The van der Waals surface area contributed by atoms with Crippen molar-refractivity contribution in [2.75, 3.05) is 0 Å². The van der Waals surface area contributed by atoms with Crippen LogP contribution in [0.15, 0.2) is 47.1 Å².